The monoisotopic (exact) mass is 657 g/mol. The highest BCUT2D eigenvalue weighted by atomic mass is 32.2. The third-order valence-electron chi connectivity index (χ3n) is 8.29. The summed E-state index contributed by atoms with van der Waals surface area (Å²) >= 11 is 1.75. The molecule has 0 saturated carbocycles. The molecule has 1 aliphatic heterocycles. The molecule has 45 heavy (non-hydrogen) atoms. The van der Waals surface area contributed by atoms with Crippen LogP contribution in [0, 0.1) is 0 Å². The predicted octanol–water partition coefficient (Wildman–Crippen LogP) is 7.06. The summed E-state index contributed by atoms with van der Waals surface area (Å²) in [6.07, 6.45) is 1.81. The van der Waals surface area contributed by atoms with Crippen molar-refractivity contribution in [3.05, 3.63) is 150 Å². The van der Waals surface area contributed by atoms with Crippen molar-refractivity contribution < 1.29 is 21.0 Å². The van der Waals surface area contributed by atoms with Crippen LogP contribution in [-0.2, 0) is 29.1 Å². The number of rotatable bonds is 11. The van der Waals surface area contributed by atoms with Gasteiger partial charge in [-0.15, -0.1) is 11.8 Å². The van der Waals surface area contributed by atoms with Crippen LogP contribution in [0.5, 0.6) is 0 Å². The highest BCUT2D eigenvalue weighted by molar-refractivity contribution is 8.01. The Morgan fingerprint density at radius 2 is 1.22 bits per heavy atom. The van der Waals surface area contributed by atoms with Crippen LogP contribution in [0.25, 0.3) is 10.8 Å². The molecular weight excluding hydrogens is 623 g/mol. The fourth-order valence-electron chi connectivity index (χ4n) is 6.26. The fourth-order valence-corrected chi connectivity index (χ4v) is 10.4. The molecule has 6 rings (SSSR count). The molecule has 0 bridgehead atoms. The van der Waals surface area contributed by atoms with Crippen LogP contribution in [0.3, 0.4) is 0 Å². The van der Waals surface area contributed by atoms with Gasteiger partial charge < -0.3 is 0 Å². The van der Waals surface area contributed by atoms with E-state index in [1.54, 1.807) is 28.2 Å². The van der Waals surface area contributed by atoms with E-state index in [4.69, 9.17) is 4.18 Å². The molecule has 1 fully saturated rings. The second-order valence-electron chi connectivity index (χ2n) is 11.3. The molecule has 232 valence electrons. The lowest BCUT2D eigenvalue weighted by molar-refractivity contribution is 0.270. The third kappa shape index (κ3) is 6.73. The maximum absolute atomic E-state index is 14.3. The van der Waals surface area contributed by atoms with Crippen LogP contribution in [0.15, 0.2) is 138 Å². The van der Waals surface area contributed by atoms with Crippen molar-refractivity contribution >= 4 is 42.7 Å². The standard InChI is InChI=1S/C36H35NO5S3/c1-44(38,39)42-24-23-33-26-34(27-37(33)45(40,41)35-22-21-28-13-11-12-14-29(28)25-35)43-36(30-15-5-2-6-16-30,31-17-7-3-8-18-31)32-19-9-4-10-20-32/h2-22,25,33-34H,23-24,26-27H2,1H3/t33-,34-/m1/s1. The lowest BCUT2D eigenvalue weighted by atomic mass is 9.84. The highest BCUT2D eigenvalue weighted by Gasteiger charge is 2.46. The summed E-state index contributed by atoms with van der Waals surface area (Å²) in [6.45, 7) is 0.184. The zero-order valence-electron chi connectivity index (χ0n) is 24.9. The van der Waals surface area contributed by atoms with Crippen molar-refractivity contribution in [1.29, 1.82) is 0 Å². The van der Waals surface area contributed by atoms with Crippen molar-refractivity contribution in [3.8, 4) is 0 Å². The van der Waals surface area contributed by atoms with E-state index in [0.717, 1.165) is 33.7 Å². The van der Waals surface area contributed by atoms with E-state index >= 15 is 0 Å². The first-order chi connectivity index (χ1) is 21.7. The highest BCUT2D eigenvalue weighted by Crippen LogP contribution is 2.52. The van der Waals surface area contributed by atoms with Crippen molar-refractivity contribution in [2.45, 2.75) is 33.8 Å². The topological polar surface area (TPSA) is 80.8 Å². The smallest absolute Gasteiger partial charge is 0.264 e. The van der Waals surface area contributed by atoms with Gasteiger partial charge in [0.2, 0.25) is 10.0 Å². The average Bonchev–Trinajstić information content (AvgIpc) is 3.47. The van der Waals surface area contributed by atoms with Gasteiger partial charge in [0, 0.05) is 17.8 Å². The van der Waals surface area contributed by atoms with E-state index in [1.807, 2.05) is 84.9 Å². The first kappa shape index (κ1) is 31.5. The normalized spacial score (nSPS) is 17.9. The molecule has 5 aromatic rings. The summed E-state index contributed by atoms with van der Waals surface area (Å²) in [5.74, 6) is 0. The Kier molecular flexibility index (Phi) is 9.17. The van der Waals surface area contributed by atoms with Gasteiger partial charge in [0.15, 0.2) is 0 Å². The minimum Gasteiger partial charge on any atom is -0.270 e. The molecule has 0 radical (unpaired) electrons. The number of fused-ring (bicyclic) bond motifs is 1. The van der Waals surface area contributed by atoms with Crippen LogP contribution in [0.4, 0.5) is 0 Å². The molecule has 0 spiro atoms. The van der Waals surface area contributed by atoms with E-state index in [9.17, 15) is 16.8 Å². The van der Waals surface area contributed by atoms with Gasteiger partial charge >= 0.3 is 0 Å². The number of sulfonamides is 1. The van der Waals surface area contributed by atoms with Crippen molar-refractivity contribution in [3.63, 3.8) is 0 Å². The first-order valence-electron chi connectivity index (χ1n) is 14.9. The Labute approximate surface area is 270 Å². The number of nitrogens with zero attached hydrogens (tertiary/aromatic N) is 1. The number of hydrogen-bond donors (Lipinski definition) is 0. The number of benzene rings is 5. The summed E-state index contributed by atoms with van der Waals surface area (Å²) in [6, 6.07) is 43.4. The molecule has 1 aliphatic rings. The van der Waals surface area contributed by atoms with Gasteiger partial charge in [-0.3, -0.25) is 4.18 Å². The lowest BCUT2D eigenvalue weighted by Crippen LogP contribution is -2.37. The molecule has 0 N–H and O–H groups in total. The summed E-state index contributed by atoms with van der Waals surface area (Å²) in [5.41, 5.74) is 3.29. The van der Waals surface area contributed by atoms with Crippen molar-refractivity contribution in [1.82, 2.24) is 4.31 Å². The molecule has 1 saturated heterocycles. The summed E-state index contributed by atoms with van der Waals surface area (Å²) in [4.78, 5) is 0.223. The molecule has 5 aromatic carbocycles. The maximum Gasteiger partial charge on any atom is 0.264 e. The largest absolute Gasteiger partial charge is 0.270 e. The first-order valence-corrected chi connectivity index (χ1v) is 19.0. The number of thioether (sulfide) groups is 1. The maximum atomic E-state index is 14.3. The molecule has 0 unspecified atom stereocenters. The van der Waals surface area contributed by atoms with Gasteiger partial charge in [0.25, 0.3) is 10.1 Å². The van der Waals surface area contributed by atoms with Crippen molar-refractivity contribution in [2.75, 3.05) is 19.4 Å². The Morgan fingerprint density at radius 3 is 1.76 bits per heavy atom. The zero-order chi connectivity index (χ0) is 31.5. The van der Waals surface area contributed by atoms with E-state index in [-0.39, 0.29) is 29.7 Å². The average molecular weight is 658 g/mol. The van der Waals surface area contributed by atoms with Crippen molar-refractivity contribution in [2.24, 2.45) is 0 Å². The van der Waals surface area contributed by atoms with E-state index in [0.29, 0.717) is 6.42 Å². The molecule has 2 atom stereocenters. The van der Waals surface area contributed by atoms with Gasteiger partial charge in [0.05, 0.1) is 22.5 Å². The molecular formula is C36H35NO5S3. The van der Waals surface area contributed by atoms with Gasteiger partial charge in [-0.1, -0.05) is 121 Å². The van der Waals surface area contributed by atoms with Crippen LogP contribution < -0.4 is 0 Å². The van der Waals surface area contributed by atoms with Gasteiger partial charge in [0.1, 0.15) is 0 Å². The molecule has 1 heterocycles. The third-order valence-corrected chi connectivity index (χ3v) is 12.5. The Hall–Kier alpha value is -3.47. The van der Waals surface area contributed by atoms with E-state index in [1.165, 1.54) is 0 Å². The molecule has 0 amide bonds. The van der Waals surface area contributed by atoms with Gasteiger partial charge in [-0.05, 0) is 52.4 Å². The minimum absolute atomic E-state index is 0.0914. The summed E-state index contributed by atoms with van der Waals surface area (Å²) in [5, 5.41) is 1.70. The Bertz CT molecular complexity index is 1870. The van der Waals surface area contributed by atoms with Crippen LogP contribution in [-0.4, -0.2) is 51.8 Å². The molecule has 9 heteroatoms. The zero-order valence-corrected chi connectivity index (χ0v) is 27.3. The number of hydrogen-bond acceptors (Lipinski definition) is 6. The SMILES string of the molecule is CS(=O)(=O)OCC[C@@H]1C[C@@H](SC(c2ccccc2)(c2ccccc2)c2ccccc2)CN1S(=O)(=O)c1ccc2ccccc2c1. The second kappa shape index (κ2) is 13.1. The van der Waals surface area contributed by atoms with Gasteiger partial charge in [-0.2, -0.15) is 12.7 Å². The Balaban J connectivity index is 1.42. The molecule has 6 nitrogen and oxygen atoms in total. The van der Waals surface area contributed by atoms with Gasteiger partial charge in [-0.25, -0.2) is 8.42 Å². The van der Waals surface area contributed by atoms with Crippen LogP contribution >= 0.6 is 11.8 Å². The molecule has 0 aliphatic carbocycles. The van der Waals surface area contributed by atoms with Crippen LogP contribution in [0.2, 0.25) is 0 Å². The predicted molar refractivity (Wildman–Crippen MR) is 182 cm³/mol. The summed E-state index contributed by atoms with van der Waals surface area (Å²) < 4.78 is 58.3. The molecule has 0 aromatic heterocycles. The Morgan fingerprint density at radius 1 is 0.711 bits per heavy atom. The van der Waals surface area contributed by atoms with E-state index < -0.39 is 30.9 Å². The lowest BCUT2D eigenvalue weighted by Gasteiger charge is -2.37. The quantitative estimate of drug-likeness (QED) is 0.112. The second-order valence-corrected chi connectivity index (χ2v) is 16.4. The minimum atomic E-state index is -3.91. The summed E-state index contributed by atoms with van der Waals surface area (Å²) in [7, 11) is -7.58. The van der Waals surface area contributed by atoms with E-state index in [2.05, 4.69) is 36.4 Å². The fraction of sp³-hybridized carbons (Fsp3) is 0.222. The van der Waals surface area contributed by atoms with Crippen LogP contribution in [0.1, 0.15) is 29.5 Å².